The highest BCUT2D eigenvalue weighted by Crippen LogP contribution is 2.23. The van der Waals surface area contributed by atoms with Gasteiger partial charge >= 0.3 is 0 Å². The van der Waals surface area contributed by atoms with Gasteiger partial charge in [-0.05, 0) is 6.16 Å². The van der Waals surface area contributed by atoms with Crippen molar-refractivity contribution in [1.82, 2.24) is 0 Å². The van der Waals surface area contributed by atoms with Gasteiger partial charge in [0.25, 0.3) is 0 Å². The quantitative estimate of drug-likeness (QED) is 0.438. The molecule has 0 aliphatic carbocycles. The van der Waals surface area contributed by atoms with Crippen molar-refractivity contribution in [3.63, 3.8) is 0 Å². The first kappa shape index (κ1) is 10.6. The third kappa shape index (κ3) is 6.00. The highest BCUT2D eigenvalue weighted by molar-refractivity contribution is 7.48. The molecule has 0 saturated heterocycles. The molecule has 0 aromatic rings. The third-order valence-electron chi connectivity index (χ3n) is 1.08. The molecule has 66 valence electrons. The summed E-state index contributed by atoms with van der Waals surface area (Å²) in [5, 5.41) is 9.95. The first-order chi connectivity index (χ1) is 4.83. The van der Waals surface area contributed by atoms with Gasteiger partial charge in [-0.25, -0.2) is 0 Å². The minimum Gasteiger partial charge on any atom is -0.811 e. The smallest absolute Gasteiger partial charge is 0.125 e. The number of quaternary nitrogens is 1. The van der Waals surface area contributed by atoms with Gasteiger partial charge < -0.3 is 30.0 Å². The van der Waals surface area contributed by atoms with Crippen LogP contribution in [0.5, 0.6) is 0 Å². The van der Waals surface area contributed by atoms with Crippen molar-refractivity contribution in [3.05, 3.63) is 0 Å². The molecule has 0 aromatic heterocycles. The molecule has 0 saturated carbocycles. The van der Waals surface area contributed by atoms with Crippen LogP contribution in [0.2, 0.25) is 0 Å². The lowest BCUT2D eigenvalue weighted by Crippen LogP contribution is -2.68. The summed E-state index contributed by atoms with van der Waals surface area (Å²) in [5.74, 6) is -1.45. The molecular weight excluding hydrogens is 173 g/mol. The van der Waals surface area contributed by atoms with E-state index in [1.54, 1.807) is 0 Å². The Kier molecular flexibility index (Phi) is 3.68. The fraction of sp³-hybridized carbons (Fsp3) is 0.750. The monoisotopic (exact) mass is 181 g/mol. The maximum atomic E-state index is 9.99. The summed E-state index contributed by atoms with van der Waals surface area (Å²) in [6, 6.07) is -1.13. The van der Waals surface area contributed by atoms with Gasteiger partial charge in [-0.15, -0.1) is 0 Å². The summed E-state index contributed by atoms with van der Waals surface area (Å²) < 4.78 is 9.99. The Morgan fingerprint density at radius 2 is 2.00 bits per heavy atom. The Bertz CT molecular complexity index is 187. The largest absolute Gasteiger partial charge is 0.811 e. The maximum absolute atomic E-state index is 9.99. The number of carbonyl (C=O) groups excluding carboxylic acids is 1. The molecule has 0 amide bonds. The molecule has 0 unspecified atom stereocenters. The SMILES string of the molecule is [NH3+][C@H](CCP(=O)([O-])[O-])C(=O)[O-]. The molecule has 11 heavy (non-hydrogen) atoms. The third-order valence-corrected chi connectivity index (χ3v) is 1.89. The minimum absolute atomic E-state index is 0.285. The molecule has 0 radical (unpaired) electrons. The normalized spacial score (nSPS) is 14.5. The van der Waals surface area contributed by atoms with Crippen LogP contribution < -0.4 is 20.6 Å². The zero-order chi connectivity index (χ0) is 9.07. The van der Waals surface area contributed by atoms with Crippen LogP contribution in [0.1, 0.15) is 6.42 Å². The molecule has 0 spiro atoms. The minimum atomic E-state index is -4.59. The summed E-state index contributed by atoms with van der Waals surface area (Å²) in [4.78, 5) is 29.9. The summed E-state index contributed by atoms with van der Waals surface area (Å²) in [6.07, 6.45) is -0.970. The molecule has 7 heteroatoms. The van der Waals surface area contributed by atoms with Crippen molar-refractivity contribution >= 4 is 13.6 Å². The van der Waals surface area contributed by atoms with Gasteiger partial charge in [0, 0.05) is 6.42 Å². The first-order valence-corrected chi connectivity index (χ1v) is 4.61. The van der Waals surface area contributed by atoms with Gasteiger partial charge in [0.2, 0.25) is 0 Å². The van der Waals surface area contributed by atoms with E-state index in [9.17, 15) is 24.3 Å². The van der Waals surface area contributed by atoms with E-state index < -0.39 is 25.8 Å². The zero-order valence-corrected chi connectivity index (χ0v) is 6.58. The molecule has 0 bridgehead atoms. The predicted octanol–water partition coefficient (Wildman–Crippen LogP) is -4.35. The van der Waals surface area contributed by atoms with Crippen molar-refractivity contribution < 1.29 is 30.0 Å². The van der Waals surface area contributed by atoms with E-state index in [-0.39, 0.29) is 6.42 Å². The van der Waals surface area contributed by atoms with Crippen molar-refractivity contribution in [3.8, 4) is 0 Å². The lowest BCUT2D eigenvalue weighted by molar-refractivity contribution is -0.438. The molecule has 0 aliphatic rings. The van der Waals surface area contributed by atoms with Crippen LogP contribution in [0.3, 0.4) is 0 Å². The Morgan fingerprint density at radius 3 is 2.27 bits per heavy atom. The van der Waals surface area contributed by atoms with Gasteiger partial charge in [-0.2, -0.15) is 0 Å². The number of aliphatic carboxylic acids is 1. The van der Waals surface area contributed by atoms with Crippen molar-refractivity contribution in [1.29, 1.82) is 0 Å². The number of carboxylic acid groups (broad SMARTS) is 1. The van der Waals surface area contributed by atoms with Crippen LogP contribution in [-0.4, -0.2) is 18.2 Å². The van der Waals surface area contributed by atoms with E-state index in [0.29, 0.717) is 0 Å². The number of hydrogen-bond donors (Lipinski definition) is 1. The van der Waals surface area contributed by atoms with Crippen molar-refractivity contribution in [2.45, 2.75) is 12.5 Å². The highest BCUT2D eigenvalue weighted by Gasteiger charge is 2.06. The zero-order valence-electron chi connectivity index (χ0n) is 5.69. The molecule has 0 aliphatic heterocycles. The fourth-order valence-corrected chi connectivity index (χ4v) is 1.06. The highest BCUT2D eigenvalue weighted by atomic mass is 31.2. The van der Waals surface area contributed by atoms with E-state index in [0.717, 1.165) is 0 Å². The van der Waals surface area contributed by atoms with Gasteiger partial charge in [0.1, 0.15) is 6.04 Å². The summed E-state index contributed by atoms with van der Waals surface area (Å²) in [6.45, 7) is 0. The van der Waals surface area contributed by atoms with E-state index in [2.05, 4.69) is 5.73 Å². The lowest BCUT2D eigenvalue weighted by Gasteiger charge is -2.29. The molecule has 3 N–H and O–H groups in total. The summed E-state index contributed by atoms with van der Waals surface area (Å²) in [7, 11) is -4.59. The van der Waals surface area contributed by atoms with Crippen LogP contribution in [-0.2, 0) is 9.36 Å². The average Bonchev–Trinajstić information content (AvgIpc) is 1.80. The molecule has 0 fully saturated rings. The van der Waals surface area contributed by atoms with E-state index in [1.807, 2.05) is 0 Å². The molecular formula is C4H8NO5P-2. The topological polar surface area (TPSA) is 131 Å². The predicted molar refractivity (Wildman–Crippen MR) is 28.8 cm³/mol. The second kappa shape index (κ2) is 3.82. The summed E-state index contributed by atoms with van der Waals surface area (Å²) >= 11 is 0. The van der Waals surface area contributed by atoms with E-state index in [1.165, 1.54) is 0 Å². The number of carbonyl (C=O) groups is 1. The second-order valence-electron chi connectivity index (χ2n) is 2.14. The second-order valence-corrected chi connectivity index (χ2v) is 3.81. The number of rotatable bonds is 4. The fourth-order valence-electron chi connectivity index (χ4n) is 0.432. The van der Waals surface area contributed by atoms with Gasteiger partial charge in [-0.1, -0.05) is 7.60 Å². The molecule has 0 rings (SSSR count). The van der Waals surface area contributed by atoms with Gasteiger partial charge in [0.15, 0.2) is 0 Å². The molecule has 0 heterocycles. The van der Waals surface area contributed by atoms with E-state index in [4.69, 9.17) is 0 Å². The van der Waals surface area contributed by atoms with Gasteiger partial charge in [-0.3, -0.25) is 0 Å². The first-order valence-electron chi connectivity index (χ1n) is 2.88. The van der Waals surface area contributed by atoms with Crippen LogP contribution in [0.15, 0.2) is 0 Å². The maximum Gasteiger partial charge on any atom is 0.125 e. The standard InChI is InChI=1S/C4H10NO5P/c5-3(4(6)7)1-2-11(8,9)10/h3H,1-2,5H2,(H,6,7)(H2,8,9,10)/p-2/t3-/m1/s1. The van der Waals surface area contributed by atoms with Crippen molar-refractivity contribution in [2.24, 2.45) is 0 Å². The number of carboxylic acids is 1. The summed E-state index contributed by atoms with van der Waals surface area (Å²) in [5.41, 5.74) is 3.08. The Labute approximate surface area is 63.2 Å². The van der Waals surface area contributed by atoms with Crippen LogP contribution in [0, 0.1) is 0 Å². The van der Waals surface area contributed by atoms with Crippen LogP contribution >= 0.6 is 7.60 Å². The molecule has 1 atom stereocenters. The Morgan fingerprint density at radius 1 is 1.55 bits per heavy atom. The number of hydrogen-bond acceptors (Lipinski definition) is 5. The van der Waals surface area contributed by atoms with Gasteiger partial charge in [0.05, 0.1) is 5.97 Å². The average molecular weight is 181 g/mol. The van der Waals surface area contributed by atoms with Crippen molar-refractivity contribution in [2.75, 3.05) is 6.16 Å². The van der Waals surface area contributed by atoms with E-state index >= 15 is 0 Å². The lowest BCUT2D eigenvalue weighted by atomic mass is 10.2. The Balaban J connectivity index is 3.72. The Hall–Kier alpha value is -0.420. The molecule has 0 aromatic carbocycles. The molecule has 6 nitrogen and oxygen atoms in total. The van der Waals surface area contributed by atoms with Crippen LogP contribution in [0.25, 0.3) is 0 Å². The van der Waals surface area contributed by atoms with Crippen LogP contribution in [0.4, 0.5) is 0 Å².